The largest absolute Gasteiger partial charge is 0.492 e. The van der Waals surface area contributed by atoms with Gasteiger partial charge in [-0.25, -0.2) is 0 Å². The zero-order valence-corrected chi connectivity index (χ0v) is 17.2. The molecule has 1 fully saturated rings. The standard InChI is InChI=1S/C22H21ClF3NO4/c23-18-12-14(3-7-20(18)31-9-1-8-28)16(11-13-2-4-15(29)10-13)19-6-5-17(21(30)27-19)22(24,25)26/h3,5-7,11-13,28H,1-2,4,8-10H2,(H,27,30)/b16-11+/t13-/m0/s1. The van der Waals surface area contributed by atoms with Gasteiger partial charge in [0.15, 0.2) is 0 Å². The molecule has 0 amide bonds. The fourth-order valence-electron chi connectivity index (χ4n) is 3.45. The molecule has 0 saturated heterocycles. The second kappa shape index (κ2) is 9.70. The van der Waals surface area contributed by atoms with Crippen molar-refractivity contribution in [1.29, 1.82) is 0 Å². The Kier molecular flexibility index (Phi) is 7.23. The Morgan fingerprint density at radius 3 is 2.61 bits per heavy atom. The van der Waals surface area contributed by atoms with Crippen molar-refractivity contribution in [2.75, 3.05) is 13.2 Å². The van der Waals surface area contributed by atoms with Crippen molar-refractivity contribution in [2.24, 2.45) is 5.92 Å². The number of ether oxygens (including phenoxy) is 1. The van der Waals surface area contributed by atoms with Crippen LogP contribution in [0.5, 0.6) is 5.75 Å². The van der Waals surface area contributed by atoms with Crippen LogP contribution < -0.4 is 10.3 Å². The van der Waals surface area contributed by atoms with E-state index in [-0.39, 0.29) is 35.6 Å². The van der Waals surface area contributed by atoms with Gasteiger partial charge < -0.3 is 14.8 Å². The lowest BCUT2D eigenvalue weighted by Gasteiger charge is -2.15. The number of aliphatic hydroxyl groups is 1. The van der Waals surface area contributed by atoms with Gasteiger partial charge in [-0.3, -0.25) is 9.59 Å². The van der Waals surface area contributed by atoms with E-state index < -0.39 is 17.3 Å². The number of aliphatic hydroxyl groups excluding tert-OH is 1. The number of rotatable bonds is 7. The van der Waals surface area contributed by atoms with E-state index in [1.54, 1.807) is 24.3 Å². The van der Waals surface area contributed by atoms with E-state index in [1.165, 1.54) is 6.07 Å². The summed E-state index contributed by atoms with van der Waals surface area (Å²) < 4.78 is 44.4. The van der Waals surface area contributed by atoms with E-state index in [0.717, 1.165) is 6.07 Å². The van der Waals surface area contributed by atoms with Crippen molar-refractivity contribution < 1.29 is 27.8 Å². The number of hydrogen-bond donors (Lipinski definition) is 2. The lowest BCUT2D eigenvalue weighted by Crippen LogP contribution is -2.22. The number of Topliss-reactive ketones (excluding diaryl/α,β-unsaturated/α-hetero) is 1. The molecule has 0 radical (unpaired) electrons. The number of alkyl halides is 3. The van der Waals surface area contributed by atoms with Crippen molar-refractivity contribution in [3.63, 3.8) is 0 Å². The number of benzene rings is 1. The van der Waals surface area contributed by atoms with Gasteiger partial charge in [0.05, 0.1) is 11.6 Å². The number of aromatic nitrogens is 1. The minimum Gasteiger partial charge on any atom is -0.492 e. The van der Waals surface area contributed by atoms with Crippen LogP contribution in [-0.4, -0.2) is 29.1 Å². The fourth-order valence-corrected chi connectivity index (χ4v) is 3.68. The van der Waals surface area contributed by atoms with E-state index in [1.807, 2.05) is 0 Å². The third kappa shape index (κ3) is 5.77. The first-order chi connectivity index (χ1) is 14.7. The first kappa shape index (κ1) is 23.1. The highest BCUT2D eigenvalue weighted by Crippen LogP contribution is 2.34. The molecule has 1 atom stereocenters. The molecule has 1 aliphatic carbocycles. The van der Waals surface area contributed by atoms with E-state index in [4.69, 9.17) is 21.4 Å². The van der Waals surface area contributed by atoms with Gasteiger partial charge in [-0.15, -0.1) is 0 Å². The molecule has 0 spiro atoms. The number of pyridine rings is 1. The smallest absolute Gasteiger partial charge is 0.421 e. The second-order valence-corrected chi connectivity index (χ2v) is 7.71. The summed E-state index contributed by atoms with van der Waals surface area (Å²) in [6, 6.07) is 6.83. The summed E-state index contributed by atoms with van der Waals surface area (Å²) >= 11 is 6.31. The number of carbonyl (C=O) groups excluding carboxylic acids is 1. The number of ketones is 1. The number of halogens is 4. The Labute approximate surface area is 181 Å². The minimum atomic E-state index is -4.76. The topological polar surface area (TPSA) is 79.4 Å². The summed E-state index contributed by atoms with van der Waals surface area (Å²) in [5.41, 5.74) is -1.28. The van der Waals surface area contributed by atoms with Gasteiger partial charge in [-0.05, 0) is 42.2 Å². The molecule has 1 aromatic carbocycles. The maximum Gasteiger partial charge on any atom is 0.421 e. The summed E-state index contributed by atoms with van der Waals surface area (Å²) in [5.74, 6) is 0.426. The second-order valence-electron chi connectivity index (χ2n) is 7.31. The zero-order chi connectivity index (χ0) is 22.6. The molecule has 0 unspecified atom stereocenters. The average molecular weight is 456 g/mol. The van der Waals surface area contributed by atoms with Crippen LogP contribution in [0.15, 0.2) is 41.2 Å². The molecule has 1 heterocycles. The van der Waals surface area contributed by atoms with Crippen molar-refractivity contribution in [1.82, 2.24) is 4.98 Å². The summed E-state index contributed by atoms with van der Waals surface area (Å²) in [6.45, 7) is 0.249. The average Bonchev–Trinajstić information content (AvgIpc) is 3.11. The Balaban J connectivity index is 2.01. The van der Waals surface area contributed by atoms with E-state index in [0.29, 0.717) is 42.6 Å². The van der Waals surface area contributed by atoms with Crippen LogP contribution in [0.25, 0.3) is 5.57 Å². The molecule has 31 heavy (non-hydrogen) atoms. The molecule has 0 aliphatic heterocycles. The number of allylic oxidation sites excluding steroid dienone is 1. The molecule has 5 nitrogen and oxygen atoms in total. The summed E-state index contributed by atoms with van der Waals surface area (Å²) in [4.78, 5) is 26.0. The predicted octanol–water partition coefficient (Wildman–Crippen LogP) is 4.61. The number of nitrogens with one attached hydrogen (secondary N) is 1. The lowest BCUT2D eigenvalue weighted by atomic mass is 9.95. The molecule has 1 aromatic heterocycles. The van der Waals surface area contributed by atoms with Crippen LogP contribution in [0.2, 0.25) is 5.02 Å². The molecule has 0 bridgehead atoms. The number of hydrogen-bond acceptors (Lipinski definition) is 4. The van der Waals surface area contributed by atoms with Crippen molar-refractivity contribution in [3.8, 4) is 5.75 Å². The highest BCUT2D eigenvalue weighted by atomic mass is 35.5. The normalized spacial score (nSPS) is 17.3. The van der Waals surface area contributed by atoms with Gasteiger partial charge in [-0.2, -0.15) is 13.2 Å². The predicted molar refractivity (Wildman–Crippen MR) is 110 cm³/mol. The molecule has 2 aromatic rings. The first-order valence-electron chi connectivity index (χ1n) is 9.77. The minimum absolute atomic E-state index is 0.0238. The molecule has 166 valence electrons. The lowest BCUT2D eigenvalue weighted by molar-refractivity contribution is -0.138. The van der Waals surface area contributed by atoms with Crippen LogP contribution in [0.1, 0.15) is 42.5 Å². The molecular formula is C22H21ClF3NO4. The summed E-state index contributed by atoms with van der Waals surface area (Å²) in [6.07, 6.45) is -1.12. The number of H-pyrrole nitrogens is 1. The summed E-state index contributed by atoms with van der Waals surface area (Å²) in [5, 5.41) is 9.14. The fraction of sp³-hybridized carbons (Fsp3) is 0.364. The Morgan fingerprint density at radius 1 is 1.26 bits per heavy atom. The third-order valence-corrected chi connectivity index (χ3v) is 5.29. The maximum absolute atomic E-state index is 13.0. The molecule has 1 saturated carbocycles. The van der Waals surface area contributed by atoms with Crippen LogP contribution in [0.3, 0.4) is 0 Å². The molecule has 3 rings (SSSR count). The van der Waals surface area contributed by atoms with Gasteiger partial charge in [0.1, 0.15) is 17.1 Å². The van der Waals surface area contributed by atoms with Gasteiger partial charge in [0, 0.05) is 37.1 Å². The van der Waals surface area contributed by atoms with Crippen LogP contribution in [-0.2, 0) is 11.0 Å². The van der Waals surface area contributed by atoms with Gasteiger partial charge >= 0.3 is 6.18 Å². The monoisotopic (exact) mass is 455 g/mol. The first-order valence-corrected chi connectivity index (χ1v) is 10.1. The van der Waals surface area contributed by atoms with Gasteiger partial charge in [0.2, 0.25) is 0 Å². The summed E-state index contributed by atoms with van der Waals surface area (Å²) in [7, 11) is 0. The van der Waals surface area contributed by atoms with Crippen molar-refractivity contribution in [3.05, 3.63) is 68.6 Å². The Hall–Kier alpha value is -2.58. The van der Waals surface area contributed by atoms with Crippen LogP contribution >= 0.6 is 11.6 Å². The highest BCUT2D eigenvalue weighted by Gasteiger charge is 2.34. The Morgan fingerprint density at radius 2 is 2.03 bits per heavy atom. The highest BCUT2D eigenvalue weighted by molar-refractivity contribution is 6.32. The number of carbonyl (C=O) groups is 1. The van der Waals surface area contributed by atoms with Gasteiger partial charge in [-0.1, -0.05) is 23.7 Å². The van der Waals surface area contributed by atoms with E-state index in [9.17, 15) is 22.8 Å². The van der Waals surface area contributed by atoms with Gasteiger partial charge in [0.25, 0.3) is 5.56 Å². The number of aromatic amines is 1. The van der Waals surface area contributed by atoms with Crippen molar-refractivity contribution >= 4 is 23.0 Å². The van der Waals surface area contributed by atoms with Crippen LogP contribution in [0.4, 0.5) is 13.2 Å². The molecule has 9 heteroatoms. The van der Waals surface area contributed by atoms with E-state index >= 15 is 0 Å². The van der Waals surface area contributed by atoms with Crippen molar-refractivity contribution in [2.45, 2.75) is 31.9 Å². The third-order valence-electron chi connectivity index (χ3n) is 4.99. The molecular weight excluding hydrogens is 435 g/mol. The Bertz CT molecular complexity index is 1050. The van der Waals surface area contributed by atoms with Crippen LogP contribution in [0, 0.1) is 5.92 Å². The maximum atomic E-state index is 13.0. The molecule has 1 aliphatic rings. The SMILES string of the molecule is O=C1CC[C@H](/C=C(\c2ccc(OCCCO)c(Cl)c2)c2ccc(C(F)(F)F)c(=O)[nH]2)C1. The van der Waals surface area contributed by atoms with E-state index in [2.05, 4.69) is 4.98 Å². The molecule has 2 N–H and O–H groups in total. The quantitative estimate of drug-likeness (QED) is 0.597. The zero-order valence-electron chi connectivity index (χ0n) is 16.5.